The zero-order chi connectivity index (χ0) is 19.0. The molecule has 0 aromatic carbocycles. The number of fused-ring (bicyclic) bond motifs is 1. The number of aromatic nitrogens is 4. The summed E-state index contributed by atoms with van der Waals surface area (Å²) in [7, 11) is 2.06. The maximum Gasteiger partial charge on any atom is 0.259 e. The summed E-state index contributed by atoms with van der Waals surface area (Å²) in [6.07, 6.45) is 6.99. The van der Waals surface area contributed by atoms with Gasteiger partial charge in [-0.3, -0.25) is 4.79 Å². The molecular weight excluding hydrogens is 344 g/mol. The molecule has 0 spiro atoms. The Kier molecular flexibility index (Phi) is 4.55. The predicted molar refractivity (Wildman–Crippen MR) is 102 cm³/mol. The number of carbonyl (C=O) groups excluding carboxylic acids is 1. The number of anilines is 1. The maximum absolute atomic E-state index is 12.9. The highest BCUT2D eigenvalue weighted by molar-refractivity contribution is 5.95. The summed E-state index contributed by atoms with van der Waals surface area (Å²) >= 11 is 0. The Morgan fingerprint density at radius 2 is 2.30 bits per heavy atom. The van der Waals surface area contributed by atoms with Gasteiger partial charge in [-0.15, -0.1) is 0 Å². The summed E-state index contributed by atoms with van der Waals surface area (Å²) < 4.78 is 5.07. The van der Waals surface area contributed by atoms with Gasteiger partial charge in [0.05, 0.1) is 17.6 Å². The number of rotatable bonds is 4. The van der Waals surface area contributed by atoms with Crippen molar-refractivity contribution in [3.63, 3.8) is 0 Å². The Morgan fingerprint density at radius 1 is 1.44 bits per heavy atom. The number of H-pyrrole nitrogens is 1. The van der Waals surface area contributed by atoms with Crippen molar-refractivity contribution in [3.8, 4) is 0 Å². The van der Waals surface area contributed by atoms with Crippen molar-refractivity contribution in [2.75, 3.05) is 25.0 Å². The van der Waals surface area contributed by atoms with Gasteiger partial charge in [0.15, 0.2) is 0 Å². The van der Waals surface area contributed by atoms with Gasteiger partial charge in [0, 0.05) is 26.3 Å². The van der Waals surface area contributed by atoms with E-state index in [4.69, 9.17) is 4.52 Å². The van der Waals surface area contributed by atoms with E-state index in [0.717, 1.165) is 36.2 Å². The summed E-state index contributed by atoms with van der Waals surface area (Å²) in [6.45, 7) is 5.37. The van der Waals surface area contributed by atoms with Crippen molar-refractivity contribution >= 4 is 22.8 Å². The van der Waals surface area contributed by atoms with E-state index in [0.29, 0.717) is 23.8 Å². The first kappa shape index (κ1) is 17.5. The molecule has 2 atom stereocenters. The van der Waals surface area contributed by atoms with Crippen LogP contribution in [0.3, 0.4) is 0 Å². The van der Waals surface area contributed by atoms with Gasteiger partial charge in [0.2, 0.25) is 0 Å². The second-order valence-corrected chi connectivity index (χ2v) is 7.12. The Labute approximate surface area is 157 Å². The average Bonchev–Trinajstić information content (AvgIpc) is 3.34. The largest absolute Gasteiger partial charge is 0.361 e. The van der Waals surface area contributed by atoms with Crippen molar-refractivity contribution in [3.05, 3.63) is 36.1 Å². The van der Waals surface area contributed by atoms with E-state index >= 15 is 0 Å². The highest BCUT2D eigenvalue weighted by Gasteiger charge is 2.35. The molecular formula is C19H24N6O2. The molecule has 1 saturated heterocycles. The quantitative estimate of drug-likeness (QED) is 0.761. The van der Waals surface area contributed by atoms with E-state index in [1.165, 1.54) is 6.20 Å². The van der Waals surface area contributed by atoms with Crippen molar-refractivity contribution < 1.29 is 9.32 Å². The van der Waals surface area contributed by atoms with E-state index in [9.17, 15) is 4.79 Å². The molecule has 142 valence electrons. The van der Waals surface area contributed by atoms with Gasteiger partial charge in [0.1, 0.15) is 29.1 Å². The second kappa shape index (κ2) is 7.02. The Hall–Kier alpha value is -2.90. The molecule has 1 N–H and O–H groups in total. The third-order valence-electron chi connectivity index (χ3n) is 5.68. The molecule has 8 nitrogen and oxygen atoms in total. The normalized spacial score (nSPS) is 20.2. The van der Waals surface area contributed by atoms with Crippen LogP contribution in [0.25, 0.3) is 11.0 Å². The van der Waals surface area contributed by atoms with Crippen LogP contribution in [0.2, 0.25) is 0 Å². The Morgan fingerprint density at radius 3 is 3.04 bits per heavy atom. The summed E-state index contributed by atoms with van der Waals surface area (Å²) in [5, 5.41) is 4.74. The van der Waals surface area contributed by atoms with Crippen LogP contribution in [-0.4, -0.2) is 57.1 Å². The molecule has 3 aromatic heterocycles. The van der Waals surface area contributed by atoms with Crippen LogP contribution in [-0.2, 0) is 0 Å². The van der Waals surface area contributed by atoms with Crippen LogP contribution in [0.4, 0.5) is 5.82 Å². The first-order valence-electron chi connectivity index (χ1n) is 9.31. The third kappa shape index (κ3) is 3.05. The number of nitrogens with one attached hydrogen (secondary N) is 1. The van der Waals surface area contributed by atoms with Crippen molar-refractivity contribution in [2.24, 2.45) is 5.92 Å². The maximum atomic E-state index is 12.9. The number of nitrogens with zero attached hydrogens (tertiary/aromatic N) is 5. The molecule has 27 heavy (non-hydrogen) atoms. The molecule has 0 saturated carbocycles. The zero-order valence-corrected chi connectivity index (χ0v) is 15.8. The molecule has 4 rings (SSSR count). The smallest absolute Gasteiger partial charge is 0.259 e. The monoisotopic (exact) mass is 368 g/mol. The fourth-order valence-electron chi connectivity index (χ4n) is 4.05. The van der Waals surface area contributed by atoms with Gasteiger partial charge in [-0.1, -0.05) is 18.5 Å². The SMILES string of the molecule is CCC1CCN(C(=O)c2cnoc2C)CC1N(C)c1ncnc2[nH]ccc12. The number of amides is 1. The molecule has 1 aliphatic heterocycles. The standard InChI is InChI=1S/C19H24N6O2/c1-4-13-6-8-25(19(26)15-9-23-27-12(15)2)10-16(13)24(3)18-14-5-7-20-17(14)21-11-22-18/h5,7,9,11,13,16H,4,6,8,10H2,1-3H3,(H,20,21,22). The lowest BCUT2D eigenvalue weighted by Crippen LogP contribution is -2.53. The van der Waals surface area contributed by atoms with Gasteiger partial charge in [-0.2, -0.15) is 0 Å². The van der Waals surface area contributed by atoms with E-state index in [1.54, 1.807) is 13.3 Å². The third-order valence-corrected chi connectivity index (χ3v) is 5.68. The number of likely N-dealkylation sites (tertiary alicyclic amines) is 1. The number of aromatic amines is 1. The lowest BCUT2D eigenvalue weighted by molar-refractivity contribution is 0.0656. The van der Waals surface area contributed by atoms with Gasteiger partial charge < -0.3 is 19.3 Å². The van der Waals surface area contributed by atoms with E-state index < -0.39 is 0 Å². The highest BCUT2D eigenvalue weighted by Crippen LogP contribution is 2.31. The lowest BCUT2D eigenvalue weighted by atomic mass is 9.88. The van der Waals surface area contributed by atoms with E-state index in [2.05, 4.69) is 39.0 Å². The van der Waals surface area contributed by atoms with Gasteiger partial charge >= 0.3 is 0 Å². The second-order valence-electron chi connectivity index (χ2n) is 7.12. The number of hydrogen-bond donors (Lipinski definition) is 1. The molecule has 4 heterocycles. The fraction of sp³-hybridized carbons (Fsp3) is 0.474. The van der Waals surface area contributed by atoms with Gasteiger partial charge in [-0.05, 0) is 25.3 Å². The van der Waals surface area contributed by atoms with E-state index in [1.807, 2.05) is 17.2 Å². The zero-order valence-electron chi connectivity index (χ0n) is 15.8. The number of hydrogen-bond acceptors (Lipinski definition) is 6. The topological polar surface area (TPSA) is 91.2 Å². The molecule has 1 amide bonds. The molecule has 0 aliphatic carbocycles. The Bertz CT molecular complexity index is 948. The first-order valence-corrected chi connectivity index (χ1v) is 9.31. The summed E-state index contributed by atoms with van der Waals surface area (Å²) in [6, 6.07) is 2.18. The minimum absolute atomic E-state index is 0.0174. The van der Waals surface area contributed by atoms with Crippen LogP contribution in [0, 0.1) is 12.8 Å². The van der Waals surface area contributed by atoms with Crippen LogP contribution >= 0.6 is 0 Å². The molecule has 1 aliphatic rings. The van der Waals surface area contributed by atoms with Crippen molar-refractivity contribution in [2.45, 2.75) is 32.7 Å². The Balaban J connectivity index is 1.62. The summed E-state index contributed by atoms with van der Waals surface area (Å²) in [5.41, 5.74) is 1.37. The lowest BCUT2D eigenvalue weighted by Gasteiger charge is -2.43. The molecule has 1 fully saturated rings. The minimum Gasteiger partial charge on any atom is -0.361 e. The minimum atomic E-state index is -0.0174. The molecule has 8 heteroatoms. The predicted octanol–water partition coefficient (Wildman–Crippen LogP) is 2.63. The van der Waals surface area contributed by atoms with E-state index in [-0.39, 0.29) is 11.9 Å². The highest BCUT2D eigenvalue weighted by atomic mass is 16.5. The molecule has 0 bridgehead atoms. The van der Waals surface area contributed by atoms with Gasteiger partial charge in [-0.25, -0.2) is 9.97 Å². The fourth-order valence-corrected chi connectivity index (χ4v) is 4.05. The number of piperidine rings is 1. The van der Waals surface area contributed by atoms with Crippen LogP contribution in [0.15, 0.2) is 29.3 Å². The average molecular weight is 368 g/mol. The van der Waals surface area contributed by atoms with Crippen molar-refractivity contribution in [1.82, 2.24) is 25.0 Å². The van der Waals surface area contributed by atoms with Gasteiger partial charge in [0.25, 0.3) is 5.91 Å². The number of likely N-dealkylation sites (N-methyl/N-ethyl adjacent to an activating group) is 1. The summed E-state index contributed by atoms with van der Waals surface area (Å²) in [5.74, 6) is 1.93. The number of aryl methyl sites for hydroxylation is 1. The number of carbonyl (C=O) groups is 1. The summed E-state index contributed by atoms with van der Waals surface area (Å²) in [4.78, 5) is 29.0. The molecule has 3 aromatic rings. The van der Waals surface area contributed by atoms with Crippen LogP contribution < -0.4 is 4.90 Å². The van der Waals surface area contributed by atoms with Crippen LogP contribution in [0.1, 0.15) is 35.9 Å². The first-order chi connectivity index (χ1) is 13.1. The van der Waals surface area contributed by atoms with Crippen molar-refractivity contribution in [1.29, 1.82) is 0 Å². The van der Waals surface area contributed by atoms with Crippen LogP contribution in [0.5, 0.6) is 0 Å². The molecule has 2 unspecified atom stereocenters. The molecule has 0 radical (unpaired) electrons.